The Morgan fingerprint density at radius 1 is 0.383 bits per heavy atom. The van der Waals surface area contributed by atoms with Gasteiger partial charge in [0, 0.05) is 27.6 Å². The largest absolute Gasteiger partial charge is 0.456 e. The molecule has 1 fully saturated rings. The van der Waals surface area contributed by atoms with Gasteiger partial charge in [-0.15, -0.1) is 0 Å². The Morgan fingerprint density at radius 3 is 1.75 bits per heavy atom. The number of para-hydroxylation sites is 3. The van der Waals surface area contributed by atoms with E-state index in [9.17, 15) is 0 Å². The smallest absolute Gasteiger partial charge is 0.136 e. The Morgan fingerprint density at radius 2 is 0.950 bits per heavy atom. The predicted octanol–water partition coefficient (Wildman–Crippen LogP) is 16.9. The lowest BCUT2D eigenvalue weighted by atomic mass is 9.80. The van der Waals surface area contributed by atoms with Gasteiger partial charge in [0.25, 0.3) is 0 Å². The molecule has 1 aromatic heterocycles. The molecule has 0 N–H and O–H groups in total. The molecular weight excluding hydrogens is 727 g/mol. The summed E-state index contributed by atoms with van der Waals surface area (Å²) >= 11 is 0. The standard InChI is InChI=1S/C58H45NO/c1-3-15-40(16-4-1)41-29-31-44(32-30-41)48-21-7-10-26-54(48)59(47-36-33-42(34-37-47)46-35-38-52-51-23-9-12-28-56(51)60-57(52)39-46)55-27-11-8-22-50(55)53-25-14-20-45-19-13-24-49(58(45)53)43-17-5-2-6-18-43/h1,3-4,7-16,19-39,43H,2,5-6,17-18H2. The third kappa shape index (κ3) is 6.55. The van der Waals surface area contributed by atoms with E-state index in [2.05, 4.69) is 199 Å². The lowest BCUT2D eigenvalue weighted by molar-refractivity contribution is 0.445. The van der Waals surface area contributed by atoms with Crippen LogP contribution in [0.5, 0.6) is 0 Å². The third-order valence-electron chi connectivity index (χ3n) is 12.7. The van der Waals surface area contributed by atoms with E-state index in [0.717, 1.165) is 50.1 Å². The quantitative estimate of drug-likeness (QED) is 0.153. The fourth-order valence-corrected chi connectivity index (χ4v) is 9.75. The molecule has 0 saturated heterocycles. The molecule has 0 spiro atoms. The number of nitrogens with zero attached hydrogens (tertiary/aromatic N) is 1. The molecule has 9 aromatic carbocycles. The van der Waals surface area contributed by atoms with E-state index in [1.165, 1.54) is 81.8 Å². The van der Waals surface area contributed by atoms with Crippen molar-refractivity contribution in [3.05, 3.63) is 212 Å². The maximum Gasteiger partial charge on any atom is 0.136 e. The van der Waals surface area contributed by atoms with Crippen LogP contribution in [0.3, 0.4) is 0 Å². The molecule has 2 nitrogen and oxygen atoms in total. The molecule has 0 unspecified atom stereocenters. The maximum atomic E-state index is 6.30. The molecule has 1 heterocycles. The summed E-state index contributed by atoms with van der Waals surface area (Å²) in [6.45, 7) is 0. The normalized spacial score (nSPS) is 13.3. The second-order valence-corrected chi connectivity index (χ2v) is 16.3. The monoisotopic (exact) mass is 771 g/mol. The van der Waals surface area contributed by atoms with Crippen LogP contribution in [-0.2, 0) is 0 Å². The summed E-state index contributed by atoms with van der Waals surface area (Å²) in [6, 6.07) is 75.3. The Kier molecular flexibility index (Phi) is 9.32. The van der Waals surface area contributed by atoms with Crippen molar-refractivity contribution in [1.29, 1.82) is 0 Å². The highest BCUT2D eigenvalue weighted by Crippen LogP contribution is 2.48. The van der Waals surface area contributed by atoms with Gasteiger partial charge >= 0.3 is 0 Å². The number of furan rings is 1. The first-order valence-corrected chi connectivity index (χ1v) is 21.4. The zero-order valence-corrected chi connectivity index (χ0v) is 33.6. The van der Waals surface area contributed by atoms with Gasteiger partial charge in [0.05, 0.1) is 11.4 Å². The van der Waals surface area contributed by atoms with Crippen molar-refractivity contribution in [2.45, 2.75) is 38.0 Å². The molecule has 1 saturated carbocycles. The van der Waals surface area contributed by atoms with Crippen LogP contribution < -0.4 is 4.90 Å². The van der Waals surface area contributed by atoms with Gasteiger partial charge < -0.3 is 9.32 Å². The molecule has 60 heavy (non-hydrogen) atoms. The van der Waals surface area contributed by atoms with Gasteiger partial charge in [-0.2, -0.15) is 0 Å². The highest BCUT2D eigenvalue weighted by atomic mass is 16.3. The van der Waals surface area contributed by atoms with Crippen molar-refractivity contribution in [3.63, 3.8) is 0 Å². The van der Waals surface area contributed by atoms with E-state index in [0.29, 0.717) is 5.92 Å². The van der Waals surface area contributed by atoms with Crippen LogP contribution in [0.4, 0.5) is 17.1 Å². The van der Waals surface area contributed by atoms with Crippen molar-refractivity contribution in [3.8, 4) is 44.5 Å². The van der Waals surface area contributed by atoms with Crippen molar-refractivity contribution >= 4 is 49.8 Å². The first-order valence-electron chi connectivity index (χ1n) is 21.4. The van der Waals surface area contributed by atoms with E-state index >= 15 is 0 Å². The van der Waals surface area contributed by atoms with Crippen LogP contribution in [0.25, 0.3) is 77.2 Å². The zero-order chi connectivity index (χ0) is 39.8. The molecule has 0 bridgehead atoms. The van der Waals surface area contributed by atoms with Crippen molar-refractivity contribution in [1.82, 2.24) is 0 Å². The number of fused-ring (bicyclic) bond motifs is 4. The van der Waals surface area contributed by atoms with Gasteiger partial charge in [0.15, 0.2) is 0 Å². The molecular formula is C58H45NO. The summed E-state index contributed by atoms with van der Waals surface area (Å²) in [5.74, 6) is 0.581. The Labute approximate surface area is 352 Å². The van der Waals surface area contributed by atoms with Crippen LogP contribution in [0, 0.1) is 0 Å². The van der Waals surface area contributed by atoms with E-state index in [4.69, 9.17) is 4.42 Å². The van der Waals surface area contributed by atoms with Gasteiger partial charge in [-0.05, 0) is 111 Å². The van der Waals surface area contributed by atoms with Gasteiger partial charge in [-0.1, -0.05) is 183 Å². The van der Waals surface area contributed by atoms with Crippen LogP contribution in [0.1, 0.15) is 43.6 Å². The SMILES string of the molecule is c1ccc(-c2ccc(-c3ccccc3N(c3ccc(-c4ccc5c(c4)oc4ccccc45)cc3)c3ccccc3-c3cccc4cccc(C5CCCCC5)c34)cc2)cc1. The number of benzene rings is 9. The fourth-order valence-electron chi connectivity index (χ4n) is 9.75. The first-order chi connectivity index (χ1) is 29.8. The highest BCUT2D eigenvalue weighted by Gasteiger charge is 2.24. The number of rotatable bonds is 8. The predicted molar refractivity (Wildman–Crippen MR) is 253 cm³/mol. The molecule has 0 radical (unpaired) electrons. The van der Waals surface area contributed by atoms with Crippen LogP contribution in [-0.4, -0.2) is 0 Å². The summed E-state index contributed by atoms with van der Waals surface area (Å²) < 4.78 is 6.30. The Bertz CT molecular complexity index is 3110. The van der Waals surface area contributed by atoms with Gasteiger partial charge in [-0.3, -0.25) is 0 Å². The summed E-state index contributed by atoms with van der Waals surface area (Å²) in [5.41, 5.74) is 16.2. The summed E-state index contributed by atoms with van der Waals surface area (Å²) in [6.07, 6.45) is 6.46. The molecule has 2 heteroatoms. The van der Waals surface area contributed by atoms with Crippen molar-refractivity contribution in [2.24, 2.45) is 0 Å². The number of hydrogen-bond acceptors (Lipinski definition) is 2. The third-order valence-corrected chi connectivity index (χ3v) is 12.7. The maximum absolute atomic E-state index is 6.30. The van der Waals surface area contributed by atoms with E-state index in [1.807, 2.05) is 12.1 Å². The molecule has 11 rings (SSSR count). The number of anilines is 3. The first kappa shape index (κ1) is 36.0. The van der Waals surface area contributed by atoms with E-state index in [1.54, 1.807) is 0 Å². The summed E-state index contributed by atoms with van der Waals surface area (Å²) in [4.78, 5) is 2.48. The van der Waals surface area contributed by atoms with Crippen LogP contribution in [0.15, 0.2) is 211 Å². The molecule has 288 valence electrons. The summed E-state index contributed by atoms with van der Waals surface area (Å²) in [5, 5.41) is 4.98. The zero-order valence-electron chi connectivity index (χ0n) is 33.6. The molecule has 1 aliphatic carbocycles. The molecule has 10 aromatic rings. The number of hydrogen-bond donors (Lipinski definition) is 0. The minimum Gasteiger partial charge on any atom is -0.456 e. The van der Waals surface area contributed by atoms with Crippen molar-refractivity contribution in [2.75, 3.05) is 4.90 Å². The van der Waals surface area contributed by atoms with Crippen LogP contribution in [0.2, 0.25) is 0 Å². The highest BCUT2D eigenvalue weighted by molar-refractivity contribution is 6.06. The van der Waals surface area contributed by atoms with Crippen molar-refractivity contribution < 1.29 is 4.42 Å². The average Bonchev–Trinajstić information content (AvgIpc) is 3.70. The fraction of sp³-hybridized carbons (Fsp3) is 0.103. The Hall–Kier alpha value is -7.16. The minimum atomic E-state index is 0.581. The topological polar surface area (TPSA) is 16.4 Å². The van der Waals surface area contributed by atoms with E-state index < -0.39 is 0 Å². The second-order valence-electron chi connectivity index (χ2n) is 16.3. The lowest BCUT2D eigenvalue weighted by Gasteiger charge is -2.31. The second kappa shape index (κ2) is 15.5. The van der Waals surface area contributed by atoms with Crippen LogP contribution >= 0.6 is 0 Å². The molecule has 0 atom stereocenters. The van der Waals surface area contributed by atoms with E-state index in [-0.39, 0.29) is 0 Å². The summed E-state index contributed by atoms with van der Waals surface area (Å²) in [7, 11) is 0. The average molecular weight is 772 g/mol. The minimum absolute atomic E-state index is 0.581. The van der Waals surface area contributed by atoms with Gasteiger partial charge in [0.2, 0.25) is 0 Å². The Balaban J connectivity index is 1.07. The lowest BCUT2D eigenvalue weighted by Crippen LogP contribution is -2.12. The van der Waals surface area contributed by atoms with Gasteiger partial charge in [-0.25, -0.2) is 0 Å². The van der Waals surface area contributed by atoms with Gasteiger partial charge in [0.1, 0.15) is 11.2 Å². The molecule has 0 aliphatic heterocycles. The molecule has 0 amide bonds. The molecule has 1 aliphatic rings.